The molecule has 0 radical (unpaired) electrons. The van der Waals surface area contributed by atoms with Crippen LogP contribution in [0, 0.1) is 0 Å². The molecule has 3 nitrogen and oxygen atoms in total. The van der Waals surface area contributed by atoms with Crippen LogP contribution in [0.1, 0.15) is 12.5 Å². The molecule has 102 valence electrons. The van der Waals surface area contributed by atoms with E-state index in [0.29, 0.717) is 26.2 Å². The zero-order valence-electron chi connectivity index (χ0n) is 10.4. The van der Waals surface area contributed by atoms with Crippen LogP contribution < -0.4 is 5.32 Å². The Kier molecular flexibility index (Phi) is 6.07. The largest absolute Gasteiger partial charge is 0.401 e. The van der Waals surface area contributed by atoms with Gasteiger partial charge in [0.15, 0.2) is 0 Å². The zero-order valence-corrected chi connectivity index (χ0v) is 10.4. The van der Waals surface area contributed by atoms with Gasteiger partial charge in [0.25, 0.3) is 0 Å². The highest BCUT2D eigenvalue weighted by atomic mass is 19.4. The van der Waals surface area contributed by atoms with Gasteiger partial charge in [0.2, 0.25) is 0 Å². The van der Waals surface area contributed by atoms with E-state index in [-0.39, 0.29) is 0 Å². The van der Waals surface area contributed by atoms with Gasteiger partial charge in [-0.25, -0.2) is 0 Å². The Morgan fingerprint density at radius 1 is 1.39 bits per heavy atom. The summed E-state index contributed by atoms with van der Waals surface area (Å²) in [6.45, 7) is 2.81. The van der Waals surface area contributed by atoms with Crippen molar-refractivity contribution in [3.05, 3.63) is 30.1 Å². The number of likely N-dealkylation sites (N-methyl/N-ethyl adjacent to an activating group) is 1. The zero-order chi connectivity index (χ0) is 13.4. The second-order valence-corrected chi connectivity index (χ2v) is 4.02. The second kappa shape index (κ2) is 7.33. The topological polar surface area (TPSA) is 28.2 Å². The average Bonchev–Trinajstić information content (AvgIpc) is 2.33. The molecule has 0 spiro atoms. The SMILES string of the molecule is CCN(CCNCc1cccnc1)CC(F)(F)F. The van der Waals surface area contributed by atoms with Crippen LogP contribution in [0.2, 0.25) is 0 Å². The van der Waals surface area contributed by atoms with Gasteiger partial charge in [-0.05, 0) is 18.2 Å². The second-order valence-electron chi connectivity index (χ2n) is 4.02. The summed E-state index contributed by atoms with van der Waals surface area (Å²) in [5.41, 5.74) is 1.02. The van der Waals surface area contributed by atoms with Crippen molar-refractivity contribution < 1.29 is 13.2 Å². The summed E-state index contributed by atoms with van der Waals surface area (Å²) in [6.07, 6.45) is -0.703. The maximum absolute atomic E-state index is 12.2. The molecule has 0 atom stereocenters. The number of hydrogen-bond donors (Lipinski definition) is 1. The number of hydrogen-bond acceptors (Lipinski definition) is 3. The van der Waals surface area contributed by atoms with Crippen LogP contribution in [-0.4, -0.2) is 42.2 Å². The van der Waals surface area contributed by atoms with Gasteiger partial charge in [-0.3, -0.25) is 9.88 Å². The molecule has 1 aromatic heterocycles. The molecule has 1 heterocycles. The molecule has 18 heavy (non-hydrogen) atoms. The fourth-order valence-electron chi connectivity index (χ4n) is 1.58. The van der Waals surface area contributed by atoms with Crippen molar-refractivity contribution in [3.63, 3.8) is 0 Å². The van der Waals surface area contributed by atoms with Gasteiger partial charge >= 0.3 is 6.18 Å². The molecule has 0 aliphatic rings. The molecule has 0 saturated heterocycles. The smallest absolute Gasteiger partial charge is 0.311 e. The lowest BCUT2D eigenvalue weighted by atomic mass is 10.3. The van der Waals surface area contributed by atoms with Crippen LogP contribution in [-0.2, 0) is 6.54 Å². The first-order valence-corrected chi connectivity index (χ1v) is 5.90. The van der Waals surface area contributed by atoms with E-state index in [2.05, 4.69) is 10.3 Å². The Hall–Kier alpha value is -1.14. The highest BCUT2D eigenvalue weighted by molar-refractivity contribution is 5.07. The molecule has 0 unspecified atom stereocenters. The van der Waals surface area contributed by atoms with Crippen LogP contribution in [0.4, 0.5) is 13.2 Å². The number of pyridine rings is 1. The fraction of sp³-hybridized carbons (Fsp3) is 0.583. The number of nitrogens with zero attached hydrogens (tertiary/aromatic N) is 2. The Morgan fingerprint density at radius 3 is 2.72 bits per heavy atom. The minimum Gasteiger partial charge on any atom is -0.311 e. The molecule has 0 aromatic carbocycles. The third-order valence-corrected chi connectivity index (χ3v) is 2.51. The first kappa shape index (κ1) is 14.9. The number of aromatic nitrogens is 1. The highest BCUT2D eigenvalue weighted by Gasteiger charge is 2.29. The fourth-order valence-corrected chi connectivity index (χ4v) is 1.58. The summed E-state index contributed by atoms with van der Waals surface area (Å²) in [6, 6.07) is 3.76. The van der Waals surface area contributed by atoms with E-state index in [4.69, 9.17) is 0 Å². The van der Waals surface area contributed by atoms with Crippen LogP contribution in [0.15, 0.2) is 24.5 Å². The molecule has 1 rings (SSSR count). The standard InChI is InChI=1S/C12H18F3N3/c1-2-18(10-12(13,14)15)7-6-17-9-11-4-3-5-16-8-11/h3-5,8,17H,2,6-7,9-10H2,1H3. The molecule has 0 aliphatic carbocycles. The van der Waals surface area contributed by atoms with Crippen molar-refractivity contribution in [1.82, 2.24) is 15.2 Å². The van der Waals surface area contributed by atoms with Crippen molar-refractivity contribution >= 4 is 0 Å². The summed E-state index contributed by atoms with van der Waals surface area (Å²) in [5.74, 6) is 0. The first-order chi connectivity index (χ1) is 8.51. The van der Waals surface area contributed by atoms with Crippen LogP contribution in [0.25, 0.3) is 0 Å². The quantitative estimate of drug-likeness (QED) is 0.761. The lowest BCUT2D eigenvalue weighted by molar-refractivity contribution is -0.145. The minimum atomic E-state index is -4.13. The minimum absolute atomic E-state index is 0.385. The number of halogens is 3. The maximum Gasteiger partial charge on any atom is 0.401 e. The molecular formula is C12H18F3N3. The van der Waals surface area contributed by atoms with Gasteiger partial charge in [0, 0.05) is 32.0 Å². The van der Waals surface area contributed by atoms with Gasteiger partial charge in [-0.1, -0.05) is 13.0 Å². The van der Waals surface area contributed by atoms with E-state index in [1.165, 1.54) is 4.90 Å². The molecule has 0 amide bonds. The lowest BCUT2D eigenvalue weighted by Gasteiger charge is -2.21. The van der Waals surface area contributed by atoms with Crippen LogP contribution >= 0.6 is 0 Å². The number of rotatable bonds is 7. The monoisotopic (exact) mass is 261 g/mol. The molecule has 1 N–H and O–H groups in total. The molecule has 1 aromatic rings. The van der Waals surface area contributed by atoms with Gasteiger partial charge < -0.3 is 5.32 Å². The Morgan fingerprint density at radius 2 is 2.17 bits per heavy atom. The average molecular weight is 261 g/mol. The van der Waals surface area contributed by atoms with Crippen molar-refractivity contribution in [2.24, 2.45) is 0 Å². The van der Waals surface area contributed by atoms with E-state index in [1.54, 1.807) is 19.3 Å². The van der Waals surface area contributed by atoms with E-state index >= 15 is 0 Å². The van der Waals surface area contributed by atoms with E-state index in [1.807, 2.05) is 12.1 Å². The molecule has 0 fully saturated rings. The summed E-state index contributed by atoms with van der Waals surface area (Å²) >= 11 is 0. The van der Waals surface area contributed by atoms with E-state index < -0.39 is 12.7 Å². The lowest BCUT2D eigenvalue weighted by Crippen LogP contribution is -2.38. The van der Waals surface area contributed by atoms with Crippen molar-refractivity contribution in [2.75, 3.05) is 26.2 Å². The Bertz CT molecular complexity index is 327. The van der Waals surface area contributed by atoms with E-state index in [9.17, 15) is 13.2 Å². The molecule has 0 saturated carbocycles. The van der Waals surface area contributed by atoms with Crippen molar-refractivity contribution in [1.29, 1.82) is 0 Å². The highest BCUT2D eigenvalue weighted by Crippen LogP contribution is 2.15. The third-order valence-electron chi connectivity index (χ3n) is 2.51. The summed E-state index contributed by atoms with van der Waals surface area (Å²) in [7, 11) is 0. The van der Waals surface area contributed by atoms with Gasteiger partial charge in [-0.15, -0.1) is 0 Å². The first-order valence-electron chi connectivity index (χ1n) is 5.90. The van der Waals surface area contributed by atoms with Crippen LogP contribution in [0.3, 0.4) is 0 Å². The van der Waals surface area contributed by atoms with Gasteiger partial charge in [0.1, 0.15) is 0 Å². The van der Waals surface area contributed by atoms with Gasteiger partial charge in [-0.2, -0.15) is 13.2 Å². The maximum atomic E-state index is 12.2. The van der Waals surface area contributed by atoms with E-state index in [0.717, 1.165) is 5.56 Å². The van der Waals surface area contributed by atoms with Gasteiger partial charge in [0.05, 0.1) is 6.54 Å². The third kappa shape index (κ3) is 6.56. The molecule has 0 aliphatic heterocycles. The normalized spacial score (nSPS) is 12.1. The molecular weight excluding hydrogens is 243 g/mol. The predicted molar refractivity (Wildman–Crippen MR) is 64.1 cm³/mol. The number of nitrogens with one attached hydrogen (secondary N) is 1. The Balaban J connectivity index is 2.20. The number of alkyl halides is 3. The van der Waals surface area contributed by atoms with Crippen molar-refractivity contribution in [3.8, 4) is 0 Å². The predicted octanol–water partition coefficient (Wildman–Crippen LogP) is 2.06. The molecule has 6 heteroatoms. The molecule has 0 bridgehead atoms. The summed E-state index contributed by atoms with van der Waals surface area (Å²) in [4.78, 5) is 5.34. The van der Waals surface area contributed by atoms with Crippen molar-refractivity contribution in [2.45, 2.75) is 19.6 Å². The summed E-state index contributed by atoms with van der Waals surface area (Å²) < 4.78 is 36.6. The summed E-state index contributed by atoms with van der Waals surface area (Å²) in [5, 5.41) is 3.10. The Labute approximate surface area is 105 Å². The van der Waals surface area contributed by atoms with Crippen LogP contribution in [0.5, 0.6) is 0 Å².